The number of carbonyl (C=O) groups is 2. The number of thiophene rings is 1. The Morgan fingerprint density at radius 1 is 1.67 bits per heavy atom. The molecule has 0 radical (unpaired) electrons. The molecular weight excluding hydrogens is 212 g/mol. The molecule has 0 atom stereocenters. The SMILES string of the molecule is CC(=O)NC1CN(c2csc(C=O)c2)C1. The molecule has 0 aliphatic carbocycles. The number of carbonyl (C=O) groups excluding carboxylic acids is 2. The molecule has 1 aromatic heterocycles. The van der Waals surface area contributed by atoms with Crippen molar-refractivity contribution < 1.29 is 9.59 Å². The first-order chi connectivity index (χ1) is 7.19. The number of amides is 1. The van der Waals surface area contributed by atoms with Gasteiger partial charge < -0.3 is 10.2 Å². The van der Waals surface area contributed by atoms with E-state index >= 15 is 0 Å². The highest BCUT2D eigenvalue weighted by Crippen LogP contribution is 2.25. The molecule has 1 amide bonds. The lowest BCUT2D eigenvalue weighted by atomic mass is 10.1. The van der Waals surface area contributed by atoms with Crippen molar-refractivity contribution in [3.05, 3.63) is 16.3 Å². The summed E-state index contributed by atoms with van der Waals surface area (Å²) in [6, 6.07) is 2.13. The molecular formula is C10H12N2O2S. The Labute approximate surface area is 91.9 Å². The first kappa shape index (κ1) is 10.2. The second-order valence-corrected chi connectivity index (χ2v) is 4.57. The van der Waals surface area contributed by atoms with Crippen LogP contribution < -0.4 is 10.2 Å². The Morgan fingerprint density at radius 3 is 2.93 bits per heavy atom. The first-order valence-corrected chi connectivity index (χ1v) is 5.63. The largest absolute Gasteiger partial charge is 0.367 e. The maximum Gasteiger partial charge on any atom is 0.217 e. The second-order valence-electron chi connectivity index (χ2n) is 3.63. The Bertz CT molecular complexity index is 383. The Hall–Kier alpha value is -1.36. The summed E-state index contributed by atoms with van der Waals surface area (Å²) in [6.07, 6.45) is 0.860. The zero-order chi connectivity index (χ0) is 10.8. The second kappa shape index (κ2) is 4.02. The van der Waals surface area contributed by atoms with Crippen LogP contribution in [0.25, 0.3) is 0 Å². The zero-order valence-corrected chi connectivity index (χ0v) is 9.21. The van der Waals surface area contributed by atoms with Crippen molar-refractivity contribution in [2.75, 3.05) is 18.0 Å². The lowest BCUT2D eigenvalue weighted by Crippen LogP contribution is -2.59. The van der Waals surface area contributed by atoms with Crippen LogP contribution in [0.15, 0.2) is 11.4 Å². The van der Waals surface area contributed by atoms with Gasteiger partial charge in [-0.25, -0.2) is 0 Å². The third-order valence-electron chi connectivity index (χ3n) is 2.38. The fraction of sp³-hybridized carbons (Fsp3) is 0.400. The van der Waals surface area contributed by atoms with Crippen LogP contribution in [0, 0.1) is 0 Å². The molecule has 15 heavy (non-hydrogen) atoms. The number of aldehydes is 1. The first-order valence-electron chi connectivity index (χ1n) is 4.75. The zero-order valence-electron chi connectivity index (χ0n) is 8.40. The molecule has 0 spiro atoms. The third-order valence-corrected chi connectivity index (χ3v) is 3.22. The van der Waals surface area contributed by atoms with E-state index in [1.54, 1.807) is 0 Å². The summed E-state index contributed by atoms with van der Waals surface area (Å²) in [7, 11) is 0. The maximum atomic E-state index is 10.8. The van der Waals surface area contributed by atoms with Crippen LogP contribution in [0.3, 0.4) is 0 Å². The molecule has 1 saturated heterocycles. The van der Waals surface area contributed by atoms with Crippen LogP contribution in [-0.4, -0.2) is 31.3 Å². The van der Waals surface area contributed by atoms with Gasteiger partial charge in [0.05, 0.1) is 10.9 Å². The molecule has 0 bridgehead atoms. The van der Waals surface area contributed by atoms with E-state index in [9.17, 15) is 9.59 Å². The minimum Gasteiger partial charge on any atom is -0.367 e. The summed E-state index contributed by atoms with van der Waals surface area (Å²) in [5.41, 5.74) is 1.07. The average molecular weight is 224 g/mol. The summed E-state index contributed by atoms with van der Waals surface area (Å²) in [4.78, 5) is 24.1. The molecule has 4 nitrogen and oxygen atoms in total. The van der Waals surface area contributed by atoms with E-state index in [1.165, 1.54) is 18.3 Å². The van der Waals surface area contributed by atoms with E-state index in [-0.39, 0.29) is 11.9 Å². The predicted octanol–water partition coefficient (Wildman–Crippen LogP) is 0.885. The van der Waals surface area contributed by atoms with Gasteiger partial charge in [0.1, 0.15) is 0 Å². The fourth-order valence-corrected chi connectivity index (χ4v) is 2.36. The molecule has 0 aromatic carbocycles. The van der Waals surface area contributed by atoms with Crippen molar-refractivity contribution in [1.82, 2.24) is 5.32 Å². The Kier molecular flexibility index (Phi) is 2.73. The summed E-state index contributed by atoms with van der Waals surface area (Å²) >= 11 is 1.45. The van der Waals surface area contributed by atoms with Crippen LogP contribution in [-0.2, 0) is 4.79 Å². The molecule has 0 unspecified atom stereocenters. The molecule has 80 valence electrons. The maximum absolute atomic E-state index is 10.8. The van der Waals surface area contributed by atoms with Crippen molar-refractivity contribution in [3.8, 4) is 0 Å². The monoisotopic (exact) mass is 224 g/mol. The third kappa shape index (κ3) is 2.18. The topological polar surface area (TPSA) is 49.4 Å². The molecule has 1 aliphatic rings. The summed E-state index contributed by atoms with van der Waals surface area (Å²) in [5.74, 6) is 0.0125. The molecule has 1 aromatic rings. The van der Waals surface area contributed by atoms with Gasteiger partial charge in [-0.2, -0.15) is 0 Å². The Balaban J connectivity index is 1.88. The van der Waals surface area contributed by atoms with E-state index in [0.717, 1.165) is 29.9 Å². The van der Waals surface area contributed by atoms with Crippen molar-refractivity contribution in [1.29, 1.82) is 0 Å². The van der Waals surface area contributed by atoms with Crippen molar-refractivity contribution in [2.24, 2.45) is 0 Å². The number of nitrogens with zero attached hydrogens (tertiary/aromatic N) is 1. The molecule has 1 N–H and O–H groups in total. The summed E-state index contributed by atoms with van der Waals surface area (Å²) in [5, 5.41) is 4.82. The van der Waals surface area contributed by atoms with Gasteiger partial charge in [-0.1, -0.05) is 0 Å². The van der Waals surface area contributed by atoms with Gasteiger partial charge in [0.2, 0.25) is 5.91 Å². The van der Waals surface area contributed by atoms with E-state index < -0.39 is 0 Å². The van der Waals surface area contributed by atoms with Crippen LogP contribution in [0.2, 0.25) is 0 Å². The minimum absolute atomic E-state index is 0.0125. The fourth-order valence-electron chi connectivity index (χ4n) is 1.64. The van der Waals surface area contributed by atoms with Gasteiger partial charge in [-0.05, 0) is 6.07 Å². The van der Waals surface area contributed by atoms with E-state index in [4.69, 9.17) is 0 Å². The smallest absolute Gasteiger partial charge is 0.217 e. The quantitative estimate of drug-likeness (QED) is 0.776. The van der Waals surface area contributed by atoms with Crippen LogP contribution in [0.5, 0.6) is 0 Å². The number of nitrogens with one attached hydrogen (secondary N) is 1. The number of rotatable bonds is 3. The predicted molar refractivity (Wildman–Crippen MR) is 59.5 cm³/mol. The highest BCUT2D eigenvalue weighted by atomic mass is 32.1. The van der Waals surface area contributed by atoms with Gasteiger partial charge in [0.25, 0.3) is 0 Å². The van der Waals surface area contributed by atoms with Gasteiger partial charge in [0, 0.05) is 31.1 Å². The molecule has 2 rings (SSSR count). The molecule has 1 aliphatic heterocycles. The molecule has 5 heteroatoms. The average Bonchev–Trinajstić information content (AvgIpc) is 2.58. The van der Waals surface area contributed by atoms with Crippen molar-refractivity contribution in [2.45, 2.75) is 13.0 Å². The van der Waals surface area contributed by atoms with Crippen LogP contribution >= 0.6 is 11.3 Å². The van der Waals surface area contributed by atoms with Gasteiger partial charge >= 0.3 is 0 Å². The molecule has 0 saturated carbocycles. The Morgan fingerprint density at radius 2 is 2.40 bits per heavy atom. The van der Waals surface area contributed by atoms with E-state index in [1.807, 2.05) is 11.4 Å². The summed E-state index contributed by atoms with van der Waals surface area (Å²) in [6.45, 7) is 3.18. The minimum atomic E-state index is 0.0125. The van der Waals surface area contributed by atoms with Crippen molar-refractivity contribution in [3.63, 3.8) is 0 Å². The van der Waals surface area contributed by atoms with Crippen LogP contribution in [0.4, 0.5) is 5.69 Å². The lowest BCUT2D eigenvalue weighted by Gasteiger charge is -2.40. The number of hydrogen-bond acceptors (Lipinski definition) is 4. The standard InChI is InChI=1S/C10H12N2O2S/c1-7(14)11-8-3-12(4-8)9-2-10(5-13)15-6-9/h2,5-6,8H,3-4H2,1H3,(H,11,14). The highest BCUT2D eigenvalue weighted by Gasteiger charge is 2.27. The van der Waals surface area contributed by atoms with Crippen LogP contribution in [0.1, 0.15) is 16.6 Å². The molecule has 2 heterocycles. The normalized spacial score (nSPS) is 15.9. The van der Waals surface area contributed by atoms with E-state index in [0.29, 0.717) is 0 Å². The van der Waals surface area contributed by atoms with Gasteiger partial charge in [-0.3, -0.25) is 9.59 Å². The lowest BCUT2D eigenvalue weighted by molar-refractivity contribution is -0.119. The number of anilines is 1. The van der Waals surface area contributed by atoms with Crippen molar-refractivity contribution >= 4 is 29.2 Å². The van der Waals surface area contributed by atoms with Gasteiger partial charge in [0.15, 0.2) is 6.29 Å². The van der Waals surface area contributed by atoms with E-state index in [2.05, 4.69) is 10.2 Å². The summed E-state index contributed by atoms with van der Waals surface area (Å²) < 4.78 is 0. The highest BCUT2D eigenvalue weighted by molar-refractivity contribution is 7.12. The number of hydrogen-bond donors (Lipinski definition) is 1. The molecule has 1 fully saturated rings. The van der Waals surface area contributed by atoms with Gasteiger partial charge in [-0.15, -0.1) is 11.3 Å².